The summed E-state index contributed by atoms with van der Waals surface area (Å²) in [5, 5.41) is 2.80. The van der Waals surface area contributed by atoms with Crippen molar-refractivity contribution in [2.24, 2.45) is 0 Å². The van der Waals surface area contributed by atoms with Crippen LogP contribution in [-0.2, 0) is 9.84 Å². The Balaban J connectivity index is 2.14. The molecule has 2 heterocycles. The second-order valence-electron chi connectivity index (χ2n) is 4.46. The highest BCUT2D eigenvalue weighted by Crippen LogP contribution is 2.34. The highest BCUT2D eigenvalue weighted by Gasteiger charge is 2.29. The minimum Gasteiger partial charge on any atom is -0.459 e. The van der Waals surface area contributed by atoms with Gasteiger partial charge in [-0.1, -0.05) is 23.2 Å². The van der Waals surface area contributed by atoms with Gasteiger partial charge in [-0.3, -0.25) is 0 Å². The van der Waals surface area contributed by atoms with Crippen LogP contribution in [-0.4, -0.2) is 20.4 Å². The van der Waals surface area contributed by atoms with Crippen molar-refractivity contribution in [2.75, 3.05) is 12.4 Å². The van der Waals surface area contributed by atoms with Crippen molar-refractivity contribution in [3.8, 4) is 11.7 Å². The molecule has 0 unspecified atom stereocenters. The van der Waals surface area contributed by atoms with Gasteiger partial charge in [0.2, 0.25) is 20.7 Å². The number of rotatable bonds is 4. The number of nitrogens with one attached hydrogen (secondary N) is 1. The Morgan fingerprint density at radius 1 is 1.17 bits per heavy atom. The zero-order chi connectivity index (χ0) is 16.6. The molecule has 1 aromatic carbocycles. The van der Waals surface area contributed by atoms with Crippen molar-refractivity contribution >= 4 is 38.9 Å². The smallest absolute Gasteiger partial charge is 0.266 e. The molecule has 23 heavy (non-hydrogen) atoms. The Morgan fingerprint density at radius 3 is 2.57 bits per heavy atom. The van der Waals surface area contributed by atoms with Crippen molar-refractivity contribution in [1.82, 2.24) is 4.98 Å². The van der Waals surface area contributed by atoms with Gasteiger partial charge in [0.1, 0.15) is 0 Å². The molecule has 3 aromatic rings. The zero-order valence-corrected chi connectivity index (χ0v) is 14.0. The Labute approximate surface area is 142 Å². The van der Waals surface area contributed by atoms with E-state index < -0.39 is 9.84 Å². The van der Waals surface area contributed by atoms with Crippen LogP contribution < -0.4 is 5.32 Å². The van der Waals surface area contributed by atoms with Gasteiger partial charge in [-0.05, 0) is 30.3 Å². The molecular weight excluding hydrogens is 363 g/mol. The molecule has 0 radical (unpaired) electrons. The number of oxazole rings is 1. The number of aromatic nitrogens is 1. The van der Waals surface area contributed by atoms with Crippen LogP contribution in [0.5, 0.6) is 0 Å². The molecule has 2 aromatic heterocycles. The summed E-state index contributed by atoms with van der Waals surface area (Å²) in [4.78, 5) is 4.00. The van der Waals surface area contributed by atoms with Gasteiger partial charge in [-0.15, -0.1) is 0 Å². The molecule has 6 nitrogen and oxygen atoms in total. The van der Waals surface area contributed by atoms with E-state index in [1.807, 2.05) is 0 Å². The van der Waals surface area contributed by atoms with Crippen LogP contribution in [0.2, 0.25) is 10.0 Å². The molecule has 3 rings (SSSR count). The van der Waals surface area contributed by atoms with E-state index in [2.05, 4.69) is 10.3 Å². The maximum atomic E-state index is 12.8. The fraction of sp³-hybridized carbons (Fsp3) is 0.0714. The van der Waals surface area contributed by atoms with Crippen molar-refractivity contribution < 1.29 is 17.3 Å². The van der Waals surface area contributed by atoms with Crippen LogP contribution in [0.1, 0.15) is 0 Å². The maximum absolute atomic E-state index is 12.8. The summed E-state index contributed by atoms with van der Waals surface area (Å²) in [5.74, 6) is 0.373. The molecule has 9 heteroatoms. The van der Waals surface area contributed by atoms with Crippen LogP contribution >= 0.6 is 23.2 Å². The van der Waals surface area contributed by atoms with Gasteiger partial charge in [0.05, 0.1) is 21.2 Å². The topological polar surface area (TPSA) is 85.3 Å². The lowest BCUT2D eigenvalue weighted by Gasteiger charge is -2.04. The molecule has 0 aliphatic heterocycles. The van der Waals surface area contributed by atoms with Crippen molar-refractivity contribution in [2.45, 2.75) is 9.92 Å². The number of benzene rings is 1. The summed E-state index contributed by atoms with van der Waals surface area (Å²) >= 11 is 11.7. The average molecular weight is 373 g/mol. The molecular formula is C14H10Cl2N2O4S. The third kappa shape index (κ3) is 2.83. The number of sulfone groups is 1. The first-order valence-electron chi connectivity index (χ1n) is 6.36. The summed E-state index contributed by atoms with van der Waals surface area (Å²) in [5.41, 5.74) is 0. The number of halogens is 2. The number of anilines is 1. The monoisotopic (exact) mass is 372 g/mol. The van der Waals surface area contributed by atoms with Crippen LogP contribution in [0.3, 0.4) is 0 Å². The molecule has 0 saturated carbocycles. The molecule has 0 atom stereocenters. The van der Waals surface area contributed by atoms with E-state index in [-0.39, 0.29) is 31.7 Å². The number of hydrogen-bond acceptors (Lipinski definition) is 6. The Kier molecular flexibility index (Phi) is 4.09. The number of hydrogen-bond donors (Lipinski definition) is 1. The van der Waals surface area contributed by atoms with Crippen LogP contribution in [0.25, 0.3) is 11.7 Å². The fourth-order valence-corrected chi connectivity index (χ4v) is 3.60. The molecule has 0 spiro atoms. The van der Waals surface area contributed by atoms with Gasteiger partial charge in [-0.2, -0.15) is 4.98 Å². The third-order valence-corrected chi connectivity index (χ3v) is 5.41. The SMILES string of the molecule is CNc1oc(-c2ccco2)nc1S(=O)(=O)c1ccc(Cl)c(Cl)c1. The molecule has 0 fully saturated rings. The predicted octanol–water partition coefficient (Wildman–Crippen LogP) is 4.12. The number of furan rings is 1. The van der Waals surface area contributed by atoms with Crippen molar-refractivity contribution in [3.63, 3.8) is 0 Å². The first-order valence-corrected chi connectivity index (χ1v) is 8.60. The Morgan fingerprint density at radius 2 is 1.96 bits per heavy atom. The predicted molar refractivity (Wildman–Crippen MR) is 85.7 cm³/mol. The minimum atomic E-state index is -3.94. The second-order valence-corrected chi connectivity index (χ2v) is 7.14. The lowest BCUT2D eigenvalue weighted by molar-refractivity contribution is 0.524. The van der Waals surface area contributed by atoms with Crippen LogP contribution in [0.15, 0.2) is 55.4 Å². The Hall–Kier alpha value is -1.96. The highest BCUT2D eigenvalue weighted by atomic mass is 35.5. The van der Waals surface area contributed by atoms with E-state index in [9.17, 15) is 8.42 Å². The van der Waals surface area contributed by atoms with Crippen molar-refractivity contribution in [1.29, 1.82) is 0 Å². The summed E-state index contributed by atoms with van der Waals surface area (Å²) in [7, 11) is -2.42. The average Bonchev–Trinajstić information content (AvgIpc) is 3.18. The van der Waals surface area contributed by atoms with Gasteiger partial charge < -0.3 is 14.2 Å². The number of nitrogens with zero attached hydrogens (tertiary/aromatic N) is 1. The lowest BCUT2D eigenvalue weighted by Crippen LogP contribution is -2.05. The lowest BCUT2D eigenvalue weighted by atomic mass is 10.4. The maximum Gasteiger partial charge on any atom is 0.266 e. The van der Waals surface area contributed by atoms with E-state index in [1.165, 1.54) is 31.5 Å². The quantitative estimate of drug-likeness (QED) is 0.741. The summed E-state index contributed by atoms with van der Waals surface area (Å²) < 4.78 is 36.1. The first kappa shape index (κ1) is 15.9. The first-order chi connectivity index (χ1) is 10.9. The van der Waals surface area contributed by atoms with Crippen LogP contribution in [0, 0.1) is 0 Å². The van der Waals surface area contributed by atoms with Gasteiger partial charge >= 0.3 is 0 Å². The second kappa shape index (κ2) is 5.92. The van der Waals surface area contributed by atoms with Crippen molar-refractivity contribution in [3.05, 3.63) is 46.6 Å². The van der Waals surface area contributed by atoms with E-state index in [1.54, 1.807) is 12.1 Å². The largest absolute Gasteiger partial charge is 0.459 e. The highest BCUT2D eigenvalue weighted by molar-refractivity contribution is 7.91. The van der Waals surface area contributed by atoms with E-state index in [0.717, 1.165) is 0 Å². The van der Waals surface area contributed by atoms with E-state index in [0.29, 0.717) is 5.76 Å². The standard InChI is InChI=1S/C14H10Cl2N2O4S/c1-17-13-14(18-12(22-13)11-3-2-6-21-11)23(19,20)8-4-5-9(15)10(16)7-8/h2-7,17H,1H3. The van der Waals surface area contributed by atoms with Gasteiger partial charge in [0, 0.05) is 7.05 Å². The van der Waals surface area contributed by atoms with Gasteiger partial charge in [0.15, 0.2) is 5.76 Å². The zero-order valence-electron chi connectivity index (χ0n) is 11.7. The Bertz CT molecular complexity index is 949. The van der Waals surface area contributed by atoms with Gasteiger partial charge in [-0.25, -0.2) is 8.42 Å². The molecule has 0 aliphatic rings. The van der Waals surface area contributed by atoms with E-state index >= 15 is 0 Å². The summed E-state index contributed by atoms with van der Waals surface area (Å²) in [6, 6.07) is 7.28. The molecule has 0 amide bonds. The van der Waals surface area contributed by atoms with Gasteiger partial charge in [0.25, 0.3) is 5.89 Å². The summed E-state index contributed by atoms with van der Waals surface area (Å²) in [6.45, 7) is 0. The molecule has 120 valence electrons. The van der Waals surface area contributed by atoms with E-state index in [4.69, 9.17) is 32.0 Å². The van der Waals surface area contributed by atoms with Crippen LogP contribution in [0.4, 0.5) is 5.88 Å². The normalized spacial score (nSPS) is 11.6. The molecule has 0 saturated heterocycles. The third-order valence-electron chi connectivity index (χ3n) is 3.01. The fourth-order valence-electron chi connectivity index (χ4n) is 1.91. The molecule has 0 bridgehead atoms. The summed E-state index contributed by atoms with van der Waals surface area (Å²) in [6.07, 6.45) is 1.44. The minimum absolute atomic E-state index is 0.00229. The molecule has 1 N–H and O–H groups in total. The molecule has 0 aliphatic carbocycles.